The lowest BCUT2D eigenvalue weighted by Gasteiger charge is -2.16. The van der Waals surface area contributed by atoms with Gasteiger partial charge in [0.15, 0.2) is 0 Å². The molecule has 0 unspecified atom stereocenters. The van der Waals surface area contributed by atoms with Gasteiger partial charge >= 0.3 is 0 Å². The Bertz CT molecular complexity index is 694. The minimum atomic E-state index is -0.178. The summed E-state index contributed by atoms with van der Waals surface area (Å²) in [6.07, 6.45) is 3.63. The molecule has 1 aromatic carbocycles. The van der Waals surface area contributed by atoms with E-state index in [2.05, 4.69) is 19.9 Å². The summed E-state index contributed by atoms with van der Waals surface area (Å²) in [5.74, 6) is 1.03. The summed E-state index contributed by atoms with van der Waals surface area (Å²) < 4.78 is 5.75. The predicted octanol–water partition coefficient (Wildman–Crippen LogP) is 5.35. The van der Waals surface area contributed by atoms with Crippen molar-refractivity contribution in [2.45, 2.75) is 53.4 Å². The van der Waals surface area contributed by atoms with Gasteiger partial charge in [-0.1, -0.05) is 27.2 Å². The number of amides is 2. The van der Waals surface area contributed by atoms with Crippen molar-refractivity contribution in [1.82, 2.24) is 4.90 Å². The maximum Gasteiger partial charge on any atom is 0.293 e. The van der Waals surface area contributed by atoms with Crippen molar-refractivity contribution in [3.8, 4) is 5.75 Å². The molecule has 0 radical (unpaired) electrons. The second kappa shape index (κ2) is 8.56. The maximum absolute atomic E-state index is 12.5. The van der Waals surface area contributed by atoms with Crippen molar-refractivity contribution in [3.05, 3.63) is 33.7 Å². The van der Waals surface area contributed by atoms with Gasteiger partial charge in [-0.15, -0.1) is 0 Å². The minimum absolute atomic E-state index is 0.169. The van der Waals surface area contributed by atoms with Crippen molar-refractivity contribution in [3.63, 3.8) is 0 Å². The molecule has 1 aromatic rings. The number of unbranched alkanes of at least 4 members (excludes halogenated alkanes) is 1. The van der Waals surface area contributed by atoms with Crippen LogP contribution in [0.15, 0.2) is 17.0 Å². The fourth-order valence-corrected chi connectivity index (χ4v) is 3.61. The Hall–Kier alpha value is -1.75. The lowest BCUT2D eigenvalue weighted by molar-refractivity contribution is -0.122. The fourth-order valence-electron chi connectivity index (χ4n) is 2.75. The van der Waals surface area contributed by atoms with E-state index >= 15 is 0 Å². The lowest BCUT2D eigenvalue weighted by Crippen LogP contribution is -2.29. The van der Waals surface area contributed by atoms with Gasteiger partial charge in [-0.3, -0.25) is 14.5 Å². The monoisotopic (exact) mass is 361 g/mol. The zero-order valence-corrected chi connectivity index (χ0v) is 16.5. The van der Waals surface area contributed by atoms with E-state index in [1.54, 1.807) is 0 Å². The van der Waals surface area contributed by atoms with E-state index in [9.17, 15) is 9.59 Å². The van der Waals surface area contributed by atoms with Gasteiger partial charge in [0.05, 0.1) is 11.5 Å². The van der Waals surface area contributed by atoms with Crippen LogP contribution in [0.1, 0.15) is 63.1 Å². The van der Waals surface area contributed by atoms with Gasteiger partial charge < -0.3 is 4.74 Å². The van der Waals surface area contributed by atoms with Crippen molar-refractivity contribution in [2.24, 2.45) is 0 Å². The Morgan fingerprint density at radius 1 is 1.24 bits per heavy atom. The molecule has 0 spiro atoms. The number of rotatable bonds is 7. The molecular formula is C20H27NO3S. The van der Waals surface area contributed by atoms with E-state index < -0.39 is 0 Å². The number of ether oxygens (including phenoxy) is 1. The smallest absolute Gasteiger partial charge is 0.293 e. The third kappa shape index (κ3) is 4.46. The number of thioether (sulfide) groups is 1. The van der Waals surface area contributed by atoms with Crippen molar-refractivity contribution >= 4 is 29.0 Å². The van der Waals surface area contributed by atoms with Gasteiger partial charge in [-0.2, -0.15) is 0 Å². The van der Waals surface area contributed by atoms with Gasteiger partial charge in [-0.05, 0) is 72.8 Å². The van der Waals surface area contributed by atoms with Crippen LogP contribution in [0.3, 0.4) is 0 Å². The highest BCUT2D eigenvalue weighted by atomic mass is 32.2. The summed E-state index contributed by atoms with van der Waals surface area (Å²) in [5.41, 5.74) is 3.12. The topological polar surface area (TPSA) is 46.6 Å². The molecule has 0 aliphatic carbocycles. The van der Waals surface area contributed by atoms with Crippen LogP contribution in [-0.4, -0.2) is 29.2 Å². The number of hydrogen-bond donors (Lipinski definition) is 0. The second-order valence-corrected chi connectivity index (χ2v) is 7.51. The Kier molecular flexibility index (Phi) is 6.71. The third-order valence-corrected chi connectivity index (χ3v) is 5.12. The molecule has 2 amide bonds. The molecule has 0 saturated carbocycles. The number of aryl methyl sites for hydroxylation is 1. The summed E-state index contributed by atoms with van der Waals surface area (Å²) in [4.78, 5) is 26.5. The van der Waals surface area contributed by atoms with Gasteiger partial charge in [0.25, 0.3) is 11.1 Å². The molecule has 5 heteroatoms. The quantitative estimate of drug-likeness (QED) is 0.614. The first-order valence-electron chi connectivity index (χ1n) is 8.91. The van der Waals surface area contributed by atoms with Crippen LogP contribution in [0.5, 0.6) is 5.75 Å². The summed E-state index contributed by atoms with van der Waals surface area (Å²) in [6, 6.07) is 4.09. The molecule has 2 rings (SSSR count). The van der Waals surface area contributed by atoms with Crippen LogP contribution in [0.4, 0.5) is 4.79 Å². The first-order chi connectivity index (χ1) is 11.9. The van der Waals surface area contributed by atoms with Gasteiger partial charge in [0.1, 0.15) is 5.75 Å². The highest BCUT2D eigenvalue weighted by molar-refractivity contribution is 8.18. The Balaban J connectivity index is 2.36. The van der Waals surface area contributed by atoms with E-state index in [-0.39, 0.29) is 11.1 Å². The molecule has 25 heavy (non-hydrogen) atoms. The maximum atomic E-state index is 12.5. The molecule has 1 fully saturated rings. The van der Waals surface area contributed by atoms with Crippen LogP contribution < -0.4 is 4.74 Å². The van der Waals surface area contributed by atoms with Crippen molar-refractivity contribution in [1.29, 1.82) is 0 Å². The molecule has 1 heterocycles. The van der Waals surface area contributed by atoms with Crippen LogP contribution in [0.25, 0.3) is 6.08 Å². The molecule has 136 valence electrons. The Labute approximate surface area is 154 Å². The van der Waals surface area contributed by atoms with Gasteiger partial charge in [-0.25, -0.2) is 0 Å². The standard InChI is InChI=1S/C20H27NO3S/c1-6-8-9-21-19(22)18(25-20(21)23)12-15-11-16(13(3)4)17(24-7-2)10-14(15)5/h10-13H,6-9H2,1-5H3/b18-12-. The first-order valence-corrected chi connectivity index (χ1v) is 9.73. The molecule has 0 N–H and O–H groups in total. The fraction of sp³-hybridized carbons (Fsp3) is 0.500. The SMILES string of the molecule is CCCCN1C(=O)S/C(=C\c2cc(C(C)C)c(OCC)cc2C)C1=O. The highest BCUT2D eigenvalue weighted by Crippen LogP contribution is 2.35. The van der Waals surface area contributed by atoms with Crippen LogP contribution >= 0.6 is 11.8 Å². The van der Waals surface area contributed by atoms with E-state index in [0.717, 1.165) is 47.0 Å². The van der Waals surface area contributed by atoms with Gasteiger partial charge in [0.2, 0.25) is 0 Å². The molecular weight excluding hydrogens is 334 g/mol. The number of nitrogens with zero attached hydrogens (tertiary/aromatic N) is 1. The summed E-state index contributed by atoms with van der Waals surface area (Å²) in [7, 11) is 0. The lowest BCUT2D eigenvalue weighted by atomic mass is 9.96. The van der Waals surface area contributed by atoms with Gasteiger partial charge in [0, 0.05) is 6.54 Å². The zero-order valence-electron chi connectivity index (χ0n) is 15.7. The summed E-state index contributed by atoms with van der Waals surface area (Å²) >= 11 is 1.03. The number of imide groups is 1. The van der Waals surface area contributed by atoms with E-state index in [1.807, 2.05) is 32.9 Å². The van der Waals surface area contributed by atoms with Crippen molar-refractivity contribution in [2.75, 3.05) is 13.2 Å². The average Bonchev–Trinajstić information content (AvgIpc) is 2.81. The molecule has 1 aliphatic rings. The molecule has 0 aromatic heterocycles. The van der Waals surface area contributed by atoms with Crippen LogP contribution in [0.2, 0.25) is 0 Å². The summed E-state index contributed by atoms with van der Waals surface area (Å²) in [6.45, 7) is 11.4. The van der Waals surface area contributed by atoms with Crippen LogP contribution in [-0.2, 0) is 4.79 Å². The van der Waals surface area contributed by atoms with E-state index in [4.69, 9.17) is 4.74 Å². The Morgan fingerprint density at radius 3 is 2.56 bits per heavy atom. The molecule has 0 bridgehead atoms. The minimum Gasteiger partial charge on any atom is -0.494 e. The highest BCUT2D eigenvalue weighted by Gasteiger charge is 2.34. The number of carbonyl (C=O) groups is 2. The molecule has 1 saturated heterocycles. The zero-order chi connectivity index (χ0) is 18.6. The predicted molar refractivity (Wildman–Crippen MR) is 104 cm³/mol. The first kappa shape index (κ1) is 19.6. The second-order valence-electron chi connectivity index (χ2n) is 6.52. The van der Waals surface area contributed by atoms with E-state index in [0.29, 0.717) is 24.0 Å². The van der Waals surface area contributed by atoms with Crippen molar-refractivity contribution < 1.29 is 14.3 Å². The largest absolute Gasteiger partial charge is 0.494 e. The van der Waals surface area contributed by atoms with E-state index in [1.165, 1.54) is 4.90 Å². The summed E-state index contributed by atoms with van der Waals surface area (Å²) in [5, 5.41) is -0.169. The number of hydrogen-bond acceptors (Lipinski definition) is 4. The Morgan fingerprint density at radius 2 is 1.96 bits per heavy atom. The number of benzene rings is 1. The molecule has 0 atom stereocenters. The number of carbonyl (C=O) groups excluding carboxylic acids is 2. The molecule has 4 nitrogen and oxygen atoms in total. The average molecular weight is 362 g/mol. The molecule has 1 aliphatic heterocycles. The normalized spacial score (nSPS) is 16.4. The van der Waals surface area contributed by atoms with Crippen LogP contribution in [0, 0.1) is 6.92 Å². The third-order valence-electron chi connectivity index (χ3n) is 4.22.